The zero-order chi connectivity index (χ0) is 34.2. The highest BCUT2D eigenvalue weighted by molar-refractivity contribution is 8.08. The molecule has 1 aromatic carbocycles. The van der Waals surface area contributed by atoms with Gasteiger partial charge in [0.15, 0.2) is 11.6 Å². The van der Waals surface area contributed by atoms with Crippen molar-refractivity contribution in [3.63, 3.8) is 0 Å². The minimum Gasteiger partial charge on any atom is -0.432 e. The van der Waals surface area contributed by atoms with Crippen molar-refractivity contribution in [2.45, 2.75) is 78.8 Å². The number of halogens is 8. The van der Waals surface area contributed by atoms with Gasteiger partial charge in [0.2, 0.25) is 21.9 Å². The van der Waals surface area contributed by atoms with Crippen LogP contribution in [0.4, 0.5) is 36.4 Å². The molecule has 1 unspecified atom stereocenters. The Hall–Kier alpha value is -2.27. The second-order valence-corrected chi connectivity index (χ2v) is 13.4. The van der Waals surface area contributed by atoms with E-state index in [0.29, 0.717) is 0 Å². The van der Waals surface area contributed by atoms with Crippen molar-refractivity contribution in [3.8, 4) is 11.4 Å². The van der Waals surface area contributed by atoms with Crippen LogP contribution in [0.15, 0.2) is 23.0 Å². The molecule has 254 valence electrons. The monoisotopic (exact) mass is 703 g/mol. The number of hydrogen-bond donors (Lipinski definition) is 1. The Morgan fingerprint density at radius 3 is 2.00 bits per heavy atom. The number of benzene rings is 1. The fourth-order valence-corrected chi connectivity index (χ4v) is 7.05. The van der Waals surface area contributed by atoms with Gasteiger partial charge >= 0.3 is 6.61 Å². The third kappa shape index (κ3) is 11.3. The summed E-state index contributed by atoms with van der Waals surface area (Å²) in [4.78, 5) is 12.8. The summed E-state index contributed by atoms with van der Waals surface area (Å²) in [7, 11) is 0.968. The Labute approximate surface area is 258 Å². The van der Waals surface area contributed by atoms with Crippen LogP contribution in [-0.2, 0) is 27.1 Å². The Bertz CT molecular complexity index is 1420. The molecule has 2 aromatic rings. The number of nitrogens with one attached hydrogen (secondary N) is 1. The molecule has 0 aliphatic heterocycles. The molecule has 1 atom stereocenters. The molecule has 8 nitrogen and oxygen atoms in total. The first kappa shape index (κ1) is 39.8. The zero-order valence-corrected chi connectivity index (χ0v) is 27.4. The van der Waals surface area contributed by atoms with Crippen molar-refractivity contribution in [1.82, 2.24) is 9.36 Å². The number of rotatable bonds is 9. The molecule has 1 heterocycles. The van der Waals surface area contributed by atoms with E-state index in [-0.39, 0.29) is 41.6 Å². The van der Waals surface area contributed by atoms with Gasteiger partial charge in [0.1, 0.15) is 15.7 Å². The van der Waals surface area contributed by atoms with E-state index in [9.17, 15) is 48.2 Å². The van der Waals surface area contributed by atoms with Gasteiger partial charge in [-0.3, -0.25) is 14.2 Å². The fourth-order valence-electron chi connectivity index (χ4n) is 4.43. The first-order chi connectivity index (χ1) is 20.3. The van der Waals surface area contributed by atoms with Crippen LogP contribution in [0.1, 0.15) is 59.1 Å². The normalized spacial score (nSPS) is 17.8. The van der Waals surface area contributed by atoms with Crippen LogP contribution in [0.5, 0.6) is 5.75 Å². The molecule has 2 aliphatic rings. The largest absolute Gasteiger partial charge is 0.432 e. The molecule has 0 bridgehead atoms. The number of ether oxygens (including phenoxy) is 1. The van der Waals surface area contributed by atoms with Crippen LogP contribution in [-0.4, -0.2) is 52.0 Å². The van der Waals surface area contributed by atoms with Crippen LogP contribution in [0.2, 0.25) is 0 Å². The molecular weight excluding hydrogens is 667 g/mol. The number of anilines is 1. The lowest BCUT2D eigenvalue weighted by Crippen LogP contribution is -2.40. The van der Waals surface area contributed by atoms with E-state index in [2.05, 4.69) is 9.46 Å². The molecule has 1 N–H and O–H groups in total. The summed E-state index contributed by atoms with van der Waals surface area (Å²) in [5.74, 6) is -8.48. The van der Waals surface area contributed by atoms with Gasteiger partial charge in [-0.1, -0.05) is 27.7 Å². The summed E-state index contributed by atoms with van der Waals surface area (Å²) in [6, 6.07) is 2.82. The highest BCUT2D eigenvalue weighted by Crippen LogP contribution is 2.43. The summed E-state index contributed by atoms with van der Waals surface area (Å²) in [5.41, 5.74) is -1.06. The highest BCUT2D eigenvalue weighted by atomic mass is 35.7. The van der Waals surface area contributed by atoms with Gasteiger partial charge in [0.25, 0.3) is 5.56 Å². The second-order valence-electron chi connectivity index (χ2n) is 9.69. The van der Waals surface area contributed by atoms with Crippen LogP contribution in [0.3, 0.4) is 0 Å². The Morgan fingerprint density at radius 1 is 1.05 bits per heavy atom. The molecule has 44 heavy (non-hydrogen) atoms. The number of nitrogens with zero attached hydrogens (tertiary/aromatic N) is 2. The van der Waals surface area contributed by atoms with Crippen molar-refractivity contribution < 1.29 is 48.1 Å². The SMILES string of the molecule is CC.CC.Cc1c(NS(=O)(=O)CC2CC(F)(F)C2)c(=O)n(-c2ccc(F)c(OC(F)F)c2)n1C.O=S(Cl)CC1CC(F)(F)C1. The molecule has 0 amide bonds. The summed E-state index contributed by atoms with van der Waals surface area (Å²) in [6.45, 7) is 6.13. The molecule has 2 fully saturated rings. The first-order valence-electron chi connectivity index (χ1n) is 13.6. The molecule has 0 radical (unpaired) electrons. The van der Waals surface area contributed by atoms with Gasteiger partial charge in [0, 0.05) is 44.6 Å². The van der Waals surface area contributed by atoms with E-state index < -0.39 is 80.1 Å². The predicted molar refractivity (Wildman–Crippen MR) is 157 cm³/mol. The van der Waals surface area contributed by atoms with E-state index >= 15 is 0 Å². The Morgan fingerprint density at radius 2 is 1.55 bits per heavy atom. The van der Waals surface area contributed by atoms with Gasteiger partial charge < -0.3 is 4.74 Å². The number of hydrogen-bond acceptors (Lipinski definition) is 5. The maximum absolute atomic E-state index is 13.7. The third-order valence-electron chi connectivity index (χ3n) is 6.36. The van der Waals surface area contributed by atoms with Gasteiger partial charge in [-0.05, 0) is 41.6 Å². The van der Waals surface area contributed by atoms with Crippen molar-refractivity contribution in [2.24, 2.45) is 18.9 Å². The van der Waals surface area contributed by atoms with Crippen LogP contribution in [0, 0.1) is 24.6 Å². The molecule has 2 saturated carbocycles. The maximum atomic E-state index is 13.7. The molecule has 1 aromatic heterocycles. The smallest absolute Gasteiger partial charge is 0.387 e. The predicted octanol–water partition coefficient (Wildman–Crippen LogP) is 7.00. The minimum absolute atomic E-state index is 0.0493. The molecule has 2 aliphatic carbocycles. The van der Waals surface area contributed by atoms with Gasteiger partial charge in [0.05, 0.1) is 17.1 Å². The summed E-state index contributed by atoms with van der Waals surface area (Å²) in [5, 5.41) is 0. The topological polar surface area (TPSA) is 99.4 Å². The zero-order valence-electron chi connectivity index (χ0n) is 25.0. The lowest BCUT2D eigenvalue weighted by molar-refractivity contribution is -0.104. The van der Waals surface area contributed by atoms with E-state index in [0.717, 1.165) is 22.9 Å². The number of sulfonamides is 1. The van der Waals surface area contributed by atoms with Crippen LogP contribution in [0.25, 0.3) is 5.69 Å². The van der Waals surface area contributed by atoms with E-state index in [1.165, 1.54) is 18.7 Å². The van der Waals surface area contributed by atoms with E-state index in [4.69, 9.17) is 10.7 Å². The number of aromatic nitrogens is 2. The molecular formula is C26H37ClF7N3O5S2. The van der Waals surface area contributed by atoms with Crippen LogP contribution >= 0.6 is 10.7 Å². The second kappa shape index (κ2) is 16.3. The number of alkyl halides is 6. The molecule has 4 rings (SSSR count). The maximum Gasteiger partial charge on any atom is 0.387 e. The lowest BCUT2D eigenvalue weighted by Gasteiger charge is -2.34. The van der Waals surface area contributed by atoms with Crippen molar-refractivity contribution in [3.05, 3.63) is 40.1 Å². The van der Waals surface area contributed by atoms with Crippen LogP contribution < -0.4 is 15.0 Å². The van der Waals surface area contributed by atoms with E-state index in [1.807, 2.05) is 27.7 Å². The molecule has 0 saturated heterocycles. The summed E-state index contributed by atoms with van der Waals surface area (Å²) in [6.07, 6.45) is -1.39. The van der Waals surface area contributed by atoms with E-state index in [1.54, 1.807) is 0 Å². The Kier molecular flexibility index (Phi) is 14.8. The highest BCUT2D eigenvalue weighted by Gasteiger charge is 2.47. The quantitative estimate of drug-likeness (QED) is 0.224. The fraction of sp³-hybridized carbons (Fsp3) is 0.654. The average Bonchev–Trinajstić information content (AvgIpc) is 3.08. The van der Waals surface area contributed by atoms with Crippen molar-refractivity contribution in [2.75, 3.05) is 16.2 Å². The van der Waals surface area contributed by atoms with Gasteiger partial charge in [-0.25, -0.2) is 39.3 Å². The first-order valence-corrected chi connectivity index (χ1v) is 17.4. The summed E-state index contributed by atoms with van der Waals surface area (Å²) >= 11 is 0. The van der Waals surface area contributed by atoms with Crippen molar-refractivity contribution >= 4 is 36.4 Å². The Balaban J connectivity index is 0.000000578. The molecule has 0 spiro atoms. The summed E-state index contributed by atoms with van der Waals surface area (Å²) < 4.78 is 132. The third-order valence-corrected chi connectivity index (χ3v) is 8.89. The molecule has 18 heteroatoms. The average molecular weight is 704 g/mol. The van der Waals surface area contributed by atoms with Gasteiger partial charge in [-0.15, -0.1) is 0 Å². The van der Waals surface area contributed by atoms with Crippen molar-refractivity contribution in [1.29, 1.82) is 0 Å². The van der Waals surface area contributed by atoms with Gasteiger partial charge in [-0.2, -0.15) is 8.78 Å². The standard InChI is InChI=1S/C17H18F5N3O4S.C5H7ClF2OS.2C2H6/c1-9-14(23-30(27,28)8-10-6-17(21,22)7-10)15(26)25(24(9)2)11-3-4-12(18)13(5-11)29-16(19)20;6-10(9)3-4-1-5(7,8)2-4;2*1-2/h3-5,10,16,23H,6-8H2,1-2H3;4H,1-3H2;2*1-2H3. The lowest BCUT2D eigenvalue weighted by atomic mass is 9.83. The minimum atomic E-state index is -4.10.